The van der Waals surface area contributed by atoms with Gasteiger partial charge in [-0.05, 0) is 43.0 Å². The summed E-state index contributed by atoms with van der Waals surface area (Å²) in [4.78, 5) is 24.6. The van der Waals surface area contributed by atoms with Gasteiger partial charge in [0.1, 0.15) is 5.03 Å². The molecule has 4 rings (SSSR count). The summed E-state index contributed by atoms with van der Waals surface area (Å²) in [5, 5.41) is 3.66. The van der Waals surface area contributed by atoms with Crippen LogP contribution >= 0.6 is 23.5 Å². The van der Waals surface area contributed by atoms with Gasteiger partial charge in [0.25, 0.3) is 5.91 Å². The van der Waals surface area contributed by atoms with Crippen molar-refractivity contribution in [1.82, 2.24) is 14.9 Å². The molecule has 0 atom stereocenters. The zero-order chi connectivity index (χ0) is 20.9. The molecular weight excluding hydrogens is 416 g/mol. The molecule has 0 unspecified atom stereocenters. The van der Waals surface area contributed by atoms with E-state index in [0.717, 1.165) is 25.3 Å². The molecule has 1 aliphatic rings. The van der Waals surface area contributed by atoms with Gasteiger partial charge in [-0.1, -0.05) is 12.1 Å². The van der Waals surface area contributed by atoms with E-state index in [9.17, 15) is 4.79 Å². The first-order valence-corrected chi connectivity index (χ1v) is 12.2. The molecular formula is C22H24N4O2S2. The Bertz CT molecular complexity index is 1020. The van der Waals surface area contributed by atoms with Crippen LogP contribution in [-0.2, 0) is 6.54 Å². The third-order valence-corrected chi connectivity index (χ3v) is 6.54. The van der Waals surface area contributed by atoms with Crippen LogP contribution in [0.15, 0.2) is 52.1 Å². The van der Waals surface area contributed by atoms with Crippen LogP contribution < -0.4 is 5.32 Å². The molecule has 1 aliphatic heterocycles. The second kappa shape index (κ2) is 9.68. The van der Waals surface area contributed by atoms with Crippen LogP contribution in [0.5, 0.6) is 0 Å². The molecule has 3 aromatic rings. The molecule has 1 N–H and O–H groups in total. The maximum atomic E-state index is 13.1. The van der Waals surface area contributed by atoms with Crippen molar-refractivity contribution in [3.05, 3.63) is 59.5 Å². The molecule has 1 fully saturated rings. The summed E-state index contributed by atoms with van der Waals surface area (Å²) in [5.41, 5.74) is 3.10. The van der Waals surface area contributed by atoms with E-state index in [-0.39, 0.29) is 5.91 Å². The van der Waals surface area contributed by atoms with Gasteiger partial charge in [0.15, 0.2) is 11.6 Å². The summed E-state index contributed by atoms with van der Waals surface area (Å²) in [5.74, 6) is 3.24. The summed E-state index contributed by atoms with van der Waals surface area (Å²) in [6, 6.07) is 11.7. The number of thioether (sulfide) groups is 2. The highest BCUT2D eigenvalue weighted by atomic mass is 32.2. The molecule has 1 amide bonds. The van der Waals surface area contributed by atoms with E-state index in [1.807, 2.05) is 49.2 Å². The zero-order valence-electron chi connectivity index (χ0n) is 17.1. The quantitative estimate of drug-likeness (QED) is 0.445. The van der Waals surface area contributed by atoms with Crippen LogP contribution in [0.4, 0.5) is 5.69 Å². The Balaban J connectivity index is 1.53. The monoisotopic (exact) mass is 440 g/mol. The molecule has 0 bridgehead atoms. The van der Waals surface area contributed by atoms with Crippen molar-refractivity contribution in [2.24, 2.45) is 0 Å². The van der Waals surface area contributed by atoms with Crippen LogP contribution in [-0.4, -0.2) is 51.6 Å². The summed E-state index contributed by atoms with van der Waals surface area (Å²) < 4.78 is 5.41. The molecule has 6 nitrogen and oxygen atoms in total. The van der Waals surface area contributed by atoms with Crippen molar-refractivity contribution in [3.8, 4) is 11.6 Å². The Labute approximate surface area is 184 Å². The van der Waals surface area contributed by atoms with E-state index in [1.54, 1.807) is 12.3 Å². The van der Waals surface area contributed by atoms with E-state index in [0.29, 0.717) is 27.9 Å². The summed E-state index contributed by atoms with van der Waals surface area (Å²) in [7, 11) is 0. The molecule has 2 aromatic heterocycles. The predicted molar refractivity (Wildman–Crippen MR) is 123 cm³/mol. The minimum atomic E-state index is -0.200. The Hall–Kier alpha value is -2.29. The first-order valence-electron chi connectivity index (χ1n) is 9.81. The fraction of sp³-hybridized carbons (Fsp3) is 0.318. The smallest absolute Gasteiger partial charge is 0.260 e. The number of aryl methyl sites for hydroxylation is 1. The van der Waals surface area contributed by atoms with Crippen LogP contribution in [0.2, 0.25) is 0 Å². The predicted octanol–water partition coefficient (Wildman–Crippen LogP) is 4.57. The van der Waals surface area contributed by atoms with Crippen molar-refractivity contribution in [1.29, 1.82) is 0 Å². The number of hydrogen-bond acceptors (Lipinski definition) is 7. The normalized spacial score (nSPS) is 14.6. The van der Waals surface area contributed by atoms with Crippen LogP contribution in [0.25, 0.3) is 11.6 Å². The van der Waals surface area contributed by atoms with Crippen molar-refractivity contribution in [3.63, 3.8) is 0 Å². The Kier molecular flexibility index (Phi) is 6.76. The molecule has 3 heterocycles. The zero-order valence-corrected chi connectivity index (χ0v) is 18.7. The lowest BCUT2D eigenvalue weighted by atomic mass is 10.1. The molecule has 0 radical (unpaired) electrons. The number of aromatic nitrogens is 2. The lowest BCUT2D eigenvalue weighted by Crippen LogP contribution is -2.31. The molecule has 1 saturated heterocycles. The van der Waals surface area contributed by atoms with Gasteiger partial charge in [-0.15, -0.1) is 11.8 Å². The number of benzene rings is 1. The van der Waals surface area contributed by atoms with Gasteiger partial charge >= 0.3 is 0 Å². The number of anilines is 1. The van der Waals surface area contributed by atoms with E-state index >= 15 is 0 Å². The van der Waals surface area contributed by atoms with E-state index < -0.39 is 0 Å². The SMILES string of the molecule is CSc1nc(-c2ccco2)nc(C)c1C(=O)Nc1cccc(CN2CCSCC2)c1. The number of rotatable bonds is 6. The Morgan fingerprint density at radius 3 is 2.80 bits per heavy atom. The number of amides is 1. The third-order valence-electron chi connectivity index (χ3n) is 4.91. The van der Waals surface area contributed by atoms with Gasteiger partial charge < -0.3 is 9.73 Å². The van der Waals surface area contributed by atoms with Gasteiger partial charge in [0.2, 0.25) is 0 Å². The van der Waals surface area contributed by atoms with Crippen LogP contribution in [0.1, 0.15) is 21.6 Å². The van der Waals surface area contributed by atoms with Crippen LogP contribution in [0.3, 0.4) is 0 Å². The second-order valence-corrected chi connectivity index (χ2v) is 9.06. The average molecular weight is 441 g/mol. The van der Waals surface area contributed by atoms with E-state index in [4.69, 9.17) is 4.42 Å². The summed E-state index contributed by atoms with van der Waals surface area (Å²) in [6.45, 7) is 4.95. The highest BCUT2D eigenvalue weighted by Crippen LogP contribution is 2.26. The average Bonchev–Trinajstić information content (AvgIpc) is 3.29. The Morgan fingerprint density at radius 1 is 1.23 bits per heavy atom. The van der Waals surface area contributed by atoms with Gasteiger partial charge in [-0.3, -0.25) is 9.69 Å². The van der Waals surface area contributed by atoms with Crippen molar-refractivity contribution in [2.45, 2.75) is 18.5 Å². The first kappa shape index (κ1) is 21.0. The molecule has 0 saturated carbocycles. The molecule has 0 spiro atoms. The van der Waals surface area contributed by atoms with Crippen molar-refractivity contribution in [2.75, 3.05) is 36.2 Å². The standard InChI is InChI=1S/C22H24N4O2S2/c1-15-19(22(29-2)25-20(23-15)18-7-4-10-28-18)21(27)24-17-6-3-5-16(13-17)14-26-8-11-30-12-9-26/h3-7,10,13H,8-9,11-12,14H2,1-2H3,(H,24,27). The number of carbonyl (C=O) groups is 1. The molecule has 0 aliphatic carbocycles. The first-order chi connectivity index (χ1) is 14.6. The maximum absolute atomic E-state index is 13.1. The van der Waals surface area contributed by atoms with Gasteiger partial charge in [-0.25, -0.2) is 9.97 Å². The third kappa shape index (κ3) is 4.88. The minimum absolute atomic E-state index is 0.200. The maximum Gasteiger partial charge on any atom is 0.260 e. The molecule has 30 heavy (non-hydrogen) atoms. The number of furan rings is 1. The second-order valence-electron chi connectivity index (χ2n) is 7.04. The lowest BCUT2D eigenvalue weighted by Gasteiger charge is -2.26. The van der Waals surface area contributed by atoms with Gasteiger partial charge in [-0.2, -0.15) is 11.8 Å². The van der Waals surface area contributed by atoms with E-state index in [2.05, 4.69) is 26.3 Å². The topological polar surface area (TPSA) is 71.3 Å². The number of nitrogens with one attached hydrogen (secondary N) is 1. The molecule has 8 heteroatoms. The fourth-order valence-corrected chi connectivity index (χ4v) is 5.03. The van der Waals surface area contributed by atoms with Crippen molar-refractivity contribution < 1.29 is 9.21 Å². The van der Waals surface area contributed by atoms with Crippen LogP contribution in [0, 0.1) is 6.92 Å². The Morgan fingerprint density at radius 2 is 2.07 bits per heavy atom. The van der Waals surface area contributed by atoms with Gasteiger partial charge in [0, 0.05) is 36.8 Å². The highest BCUT2D eigenvalue weighted by Gasteiger charge is 2.20. The fourth-order valence-electron chi connectivity index (χ4n) is 3.43. The number of carbonyl (C=O) groups excluding carboxylic acids is 1. The van der Waals surface area contributed by atoms with Crippen molar-refractivity contribution >= 4 is 35.1 Å². The minimum Gasteiger partial charge on any atom is -0.461 e. The van der Waals surface area contributed by atoms with E-state index in [1.165, 1.54) is 28.8 Å². The lowest BCUT2D eigenvalue weighted by molar-refractivity contribution is 0.102. The highest BCUT2D eigenvalue weighted by molar-refractivity contribution is 7.99. The number of hydrogen-bond donors (Lipinski definition) is 1. The molecule has 1 aromatic carbocycles. The summed E-state index contributed by atoms with van der Waals surface area (Å²) >= 11 is 3.43. The summed E-state index contributed by atoms with van der Waals surface area (Å²) in [6.07, 6.45) is 3.49. The van der Waals surface area contributed by atoms with Gasteiger partial charge in [0.05, 0.1) is 17.5 Å². The largest absolute Gasteiger partial charge is 0.461 e. The molecule has 156 valence electrons. The number of nitrogens with zero attached hydrogens (tertiary/aromatic N) is 3.